The number of amides is 2. The van der Waals surface area contributed by atoms with Gasteiger partial charge in [-0.1, -0.05) is 0 Å². The van der Waals surface area contributed by atoms with E-state index in [1.54, 1.807) is 0 Å². The van der Waals surface area contributed by atoms with Gasteiger partial charge in [-0.15, -0.1) is 0 Å². The highest BCUT2D eigenvalue weighted by Gasteiger charge is 2.58. The highest BCUT2D eigenvalue weighted by molar-refractivity contribution is 5.86. The Labute approximate surface area is 168 Å². The summed E-state index contributed by atoms with van der Waals surface area (Å²) < 4.78 is 37.8. The fraction of sp³-hybridized carbons (Fsp3) is 0.444. The van der Waals surface area contributed by atoms with E-state index >= 15 is 0 Å². The topological polar surface area (TPSA) is 121 Å². The molecule has 1 atom stereocenters. The van der Waals surface area contributed by atoms with Crippen LogP contribution in [0.1, 0.15) is 37.2 Å². The Morgan fingerprint density at radius 2 is 1.87 bits per heavy atom. The summed E-state index contributed by atoms with van der Waals surface area (Å²) in [6, 6.07) is 0.757. The lowest BCUT2D eigenvalue weighted by atomic mass is 10.1. The molecule has 4 rings (SSSR count). The highest BCUT2D eigenvalue weighted by atomic mass is 19.4. The molecule has 2 aliphatic rings. The number of rotatable bonds is 4. The van der Waals surface area contributed by atoms with E-state index < -0.39 is 35.6 Å². The Balaban J connectivity index is 1.42. The number of aromatic nitrogens is 4. The van der Waals surface area contributed by atoms with E-state index in [4.69, 9.17) is 0 Å². The maximum Gasteiger partial charge on any atom is 0.451 e. The minimum Gasteiger partial charge on any atom is -0.465 e. The number of hydrogen-bond donors (Lipinski definition) is 2. The Hall–Kier alpha value is -3.31. The van der Waals surface area contributed by atoms with E-state index in [1.807, 2.05) is 0 Å². The van der Waals surface area contributed by atoms with Gasteiger partial charge in [0, 0.05) is 23.5 Å². The van der Waals surface area contributed by atoms with Crippen LogP contribution in [-0.2, 0) is 17.5 Å². The number of carboxylic acid groups (broad SMARTS) is 1. The summed E-state index contributed by atoms with van der Waals surface area (Å²) in [4.78, 5) is 40.0. The van der Waals surface area contributed by atoms with Gasteiger partial charge in [0.05, 0.1) is 17.9 Å². The van der Waals surface area contributed by atoms with Crippen molar-refractivity contribution in [2.45, 2.75) is 50.0 Å². The maximum atomic E-state index is 12.6. The van der Waals surface area contributed by atoms with Gasteiger partial charge in [0.1, 0.15) is 12.4 Å². The van der Waals surface area contributed by atoms with E-state index in [9.17, 15) is 27.9 Å². The quantitative estimate of drug-likeness (QED) is 0.775. The summed E-state index contributed by atoms with van der Waals surface area (Å²) in [7, 11) is 0. The molecule has 2 N–H and O–H groups in total. The van der Waals surface area contributed by atoms with Crippen molar-refractivity contribution in [3.8, 4) is 11.3 Å². The number of alkyl halides is 3. The molecule has 2 amide bonds. The number of nitrogens with one attached hydrogen (secondary N) is 1. The summed E-state index contributed by atoms with van der Waals surface area (Å²) in [6.07, 6.45) is 0.185. The van der Waals surface area contributed by atoms with Crippen molar-refractivity contribution in [3.05, 3.63) is 36.3 Å². The average molecular weight is 422 g/mol. The monoisotopic (exact) mass is 422 g/mol. The van der Waals surface area contributed by atoms with Gasteiger partial charge in [0.25, 0.3) is 0 Å². The predicted molar refractivity (Wildman–Crippen MR) is 94.8 cm³/mol. The smallest absolute Gasteiger partial charge is 0.451 e. The first-order chi connectivity index (χ1) is 14.2. The number of carbonyl (C=O) groups excluding carboxylic acids is 1. The van der Waals surface area contributed by atoms with Crippen LogP contribution in [0.25, 0.3) is 11.3 Å². The van der Waals surface area contributed by atoms with Gasteiger partial charge in [-0.2, -0.15) is 13.2 Å². The van der Waals surface area contributed by atoms with Crippen LogP contribution in [0.3, 0.4) is 0 Å². The second-order valence-electron chi connectivity index (χ2n) is 7.34. The van der Waals surface area contributed by atoms with Gasteiger partial charge in [0.2, 0.25) is 11.7 Å². The molecule has 1 saturated carbocycles. The number of nitrogens with zero attached hydrogens (tertiary/aromatic N) is 5. The third-order valence-electron chi connectivity index (χ3n) is 5.41. The molecule has 2 aromatic rings. The van der Waals surface area contributed by atoms with Crippen LogP contribution in [0.4, 0.5) is 18.0 Å². The normalized spacial score (nSPS) is 19.7. The van der Waals surface area contributed by atoms with Crippen molar-refractivity contribution in [2.24, 2.45) is 0 Å². The van der Waals surface area contributed by atoms with Crippen LogP contribution in [0.15, 0.2) is 24.8 Å². The number of halogens is 3. The minimum atomic E-state index is -4.64. The van der Waals surface area contributed by atoms with Crippen LogP contribution in [0, 0.1) is 0 Å². The Morgan fingerprint density at radius 1 is 1.17 bits per heavy atom. The maximum absolute atomic E-state index is 12.6. The van der Waals surface area contributed by atoms with Gasteiger partial charge < -0.3 is 10.4 Å². The molecule has 0 radical (unpaired) electrons. The van der Waals surface area contributed by atoms with E-state index in [1.165, 1.54) is 17.3 Å². The molecular weight excluding hydrogens is 405 g/mol. The van der Waals surface area contributed by atoms with Crippen LogP contribution in [-0.4, -0.2) is 53.5 Å². The van der Waals surface area contributed by atoms with Crippen LogP contribution in [0.5, 0.6) is 0 Å². The molecule has 2 aromatic heterocycles. The summed E-state index contributed by atoms with van der Waals surface area (Å²) in [5.41, 5.74) is 0.585. The molecule has 0 bridgehead atoms. The highest BCUT2D eigenvalue weighted by Crippen LogP contribution is 2.51. The largest absolute Gasteiger partial charge is 0.465 e. The fourth-order valence-electron chi connectivity index (χ4n) is 3.76. The van der Waals surface area contributed by atoms with Crippen molar-refractivity contribution in [1.82, 2.24) is 30.2 Å². The molecule has 3 heterocycles. The summed E-state index contributed by atoms with van der Waals surface area (Å²) in [6.45, 7) is 0.0206. The van der Waals surface area contributed by atoms with Crippen molar-refractivity contribution in [2.75, 3.05) is 0 Å². The lowest BCUT2D eigenvalue weighted by Crippen LogP contribution is -2.49. The van der Waals surface area contributed by atoms with Crippen molar-refractivity contribution in [1.29, 1.82) is 0 Å². The molecule has 1 spiro atoms. The first-order valence-corrected chi connectivity index (χ1v) is 9.20. The molecule has 30 heavy (non-hydrogen) atoms. The third kappa shape index (κ3) is 3.76. The second kappa shape index (κ2) is 7.18. The molecular formula is C18H17F3N6O3. The van der Waals surface area contributed by atoms with Crippen molar-refractivity contribution < 1.29 is 27.9 Å². The molecule has 1 aliphatic carbocycles. The molecule has 12 heteroatoms. The zero-order valence-electron chi connectivity index (χ0n) is 15.6. The molecule has 9 nitrogen and oxygen atoms in total. The number of carbonyl (C=O) groups is 2. The lowest BCUT2D eigenvalue weighted by Gasteiger charge is -2.26. The van der Waals surface area contributed by atoms with Crippen LogP contribution in [0.2, 0.25) is 0 Å². The van der Waals surface area contributed by atoms with E-state index in [-0.39, 0.29) is 12.1 Å². The second-order valence-corrected chi connectivity index (χ2v) is 7.34. The van der Waals surface area contributed by atoms with Gasteiger partial charge in [0.15, 0.2) is 0 Å². The van der Waals surface area contributed by atoms with E-state index in [2.05, 4.69) is 25.3 Å². The first-order valence-electron chi connectivity index (χ1n) is 9.20. The summed E-state index contributed by atoms with van der Waals surface area (Å²) in [5, 5.41) is 12.2. The van der Waals surface area contributed by atoms with Crippen LogP contribution >= 0.6 is 0 Å². The van der Waals surface area contributed by atoms with Crippen LogP contribution < -0.4 is 5.32 Å². The average Bonchev–Trinajstić information content (AvgIpc) is 3.37. The molecule has 0 unspecified atom stereocenters. The van der Waals surface area contributed by atoms with Crippen molar-refractivity contribution >= 4 is 12.0 Å². The lowest BCUT2D eigenvalue weighted by molar-refractivity contribution is -0.145. The Bertz CT molecular complexity index is 978. The first kappa shape index (κ1) is 20.0. The fourth-order valence-corrected chi connectivity index (χ4v) is 3.76. The minimum absolute atomic E-state index is 0.0206. The molecule has 0 aromatic carbocycles. The molecule has 2 fully saturated rings. The van der Waals surface area contributed by atoms with Gasteiger partial charge in [-0.05, 0) is 31.7 Å². The molecule has 158 valence electrons. The van der Waals surface area contributed by atoms with Gasteiger partial charge >= 0.3 is 12.3 Å². The number of hydrogen-bond acceptors (Lipinski definition) is 6. The zero-order chi connectivity index (χ0) is 21.5. The van der Waals surface area contributed by atoms with E-state index in [0.29, 0.717) is 24.2 Å². The Morgan fingerprint density at radius 3 is 2.47 bits per heavy atom. The molecule has 1 aliphatic heterocycles. The zero-order valence-corrected chi connectivity index (χ0v) is 15.6. The third-order valence-corrected chi connectivity index (χ3v) is 5.41. The Kier molecular flexibility index (Phi) is 4.79. The number of likely N-dealkylation sites (tertiary alicyclic amines) is 1. The van der Waals surface area contributed by atoms with Gasteiger partial charge in [-0.25, -0.2) is 24.7 Å². The standard InChI is InChI=1S/C18H17F3N6O3/c19-18(20,21)15-23-6-10(7-24-15)12-5-11(25-9-26-12)8-22-14(28)13-1-2-17(3-4-17)27(13)16(29)30/h5-7,9,13H,1-4,8H2,(H,22,28)(H,29,30)/t13-/m0/s1. The predicted octanol–water partition coefficient (Wildman–Crippen LogP) is 2.24. The molecule has 1 saturated heterocycles. The summed E-state index contributed by atoms with van der Waals surface area (Å²) >= 11 is 0. The SMILES string of the molecule is O=C(NCc1cc(-c2cnc(C(F)(F)F)nc2)ncn1)[C@@H]1CCC2(CC2)N1C(=O)O. The van der Waals surface area contributed by atoms with E-state index in [0.717, 1.165) is 25.2 Å². The van der Waals surface area contributed by atoms with Crippen molar-refractivity contribution in [3.63, 3.8) is 0 Å². The van der Waals surface area contributed by atoms with Gasteiger partial charge in [-0.3, -0.25) is 9.69 Å². The summed E-state index contributed by atoms with van der Waals surface area (Å²) in [5.74, 6) is -1.65.